The zero-order chi connectivity index (χ0) is 22.4. The molecule has 2 aromatic carbocycles. The Morgan fingerprint density at radius 3 is 2.50 bits per heavy atom. The molecule has 2 aromatic rings. The molecule has 0 aromatic heterocycles. The third kappa shape index (κ3) is 5.44. The van der Waals surface area contributed by atoms with Crippen LogP contribution in [-0.4, -0.2) is 31.7 Å². The summed E-state index contributed by atoms with van der Waals surface area (Å²) in [6.07, 6.45) is -0.587. The monoisotopic (exact) mass is 489 g/mol. The van der Waals surface area contributed by atoms with E-state index in [1.807, 2.05) is 12.2 Å². The third-order valence-electron chi connectivity index (χ3n) is 3.86. The number of hydrogen-bond donors (Lipinski definition) is 1. The number of nitrogens with one attached hydrogen (secondary N) is 1. The van der Waals surface area contributed by atoms with E-state index >= 15 is 0 Å². The summed E-state index contributed by atoms with van der Waals surface area (Å²) in [7, 11) is 1.40. The predicted octanol–water partition coefficient (Wildman–Crippen LogP) is 4.85. The maximum Gasteiger partial charge on any atom is 0.339 e. The van der Waals surface area contributed by atoms with Crippen LogP contribution >= 0.6 is 15.9 Å². The minimum atomic E-state index is -1.72. The molecule has 1 unspecified atom stereocenters. The van der Waals surface area contributed by atoms with Gasteiger partial charge in [0.15, 0.2) is 35.1 Å². The molecule has 0 aliphatic rings. The standard InChI is InChI=1S/C20H19BrF3NO5/c1-4-7-29-18-12(21)8-11(9-15(18)28-3)20(27)30-10(2)19(26)25-14-6-5-13(22)16(23)17(14)24/h5-6,8-10H,4,7H2,1-3H3,(H,25,26). The maximum absolute atomic E-state index is 13.7. The molecule has 162 valence electrons. The van der Waals surface area contributed by atoms with Crippen LogP contribution in [0.3, 0.4) is 0 Å². The van der Waals surface area contributed by atoms with Crippen LogP contribution in [-0.2, 0) is 9.53 Å². The van der Waals surface area contributed by atoms with Gasteiger partial charge >= 0.3 is 5.97 Å². The van der Waals surface area contributed by atoms with Gasteiger partial charge in [0, 0.05) is 0 Å². The number of benzene rings is 2. The van der Waals surface area contributed by atoms with Gasteiger partial charge in [-0.05, 0) is 53.5 Å². The number of esters is 1. The van der Waals surface area contributed by atoms with Crippen molar-refractivity contribution in [3.63, 3.8) is 0 Å². The number of carbonyl (C=O) groups excluding carboxylic acids is 2. The fraction of sp³-hybridized carbons (Fsp3) is 0.300. The quantitative estimate of drug-likeness (QED) is 0.423. The van der Waals surface area contributed by atoms with Gasteiger partial charge in [-0.2, -0.15) is 0 Å². The summed E-state index contributed by atoms with van der Waals surface area (Å²) < 4.78 is 56.3. The molecule has 2 rings (SSSR count). The highest BCUT2D eigenvalue weighted by Crippen LogP contribution is 2.37. The van der Waals surface area contributed by atoms with Gasteiger partial charge in [-0.1, -0.05) is 6.92 Å². The van der Waals surface area contributed by atoms with E-state index in [4.69, 9.17) is 14.2 Å². The van der Waals surface area contributed by atoms with Crippen molar-refractivity contribution in [2.75, 3.05) is 19.0 Å². The highest BCUT2D eigenvalue weighted by molar-refractivity contribution is 9.10. The van der Waals surface area contributed by atoms with Gasteiger partial charge < -0.3 is 19.5 Å². The fourth-order valence-corrected chi connectivity index (χ4v) is 2.88. The molecule has 0 spiro atoms. The second kappa shape index (κ2) is 10.3. The summed E-state index contributed by atoms with van der Waals surface area (Å²) in [6.45, 7) is 3.62. The number of hydrogen-bond acceptors (Lipinski definition) is 5. The first-order chi connectivity index (χ1) is 14.2. The van der Waals surface area contributed by atoms with Gasteiger partial charge in [-0.25, -0.2) is 18.0 Å². The molecule has 10 heteroatoms. The van der Waals surface area contributed by atoms with Crippen molar-refractivity contribution in [1.29, 1.82) is 0 Å². The Bertz CT molecular complexity index is 955. The third-order valence-corrected chi connectivity index (χ3v) is 4.45. The molecule has 0 aliphatic carbocycles. The molecule has 0 bridgehead atoms. The molecule has 0 saturated carbocycles. The van der Waals surface area contributed by atoms with E-state index in [0.717, 1.165) is 12.5 Å². The van der Waals surface area contributed by atoms with Gasteiger partial charge in [0.1, 0.15) is 0 Å². The van der Waals surface area contributed by atoms with Crippen LogP contribution in [0.1, 0.15) is 30.6 Å². The van der Waals surface area contributed by atoms with E-state index < -0.39 is 41.1 Å². The second-order valence-electron chi connectivity index (χ2n) is 6.10. The molecule has 0 radical (unpaired) electrons. The van der Waals surface area contributed by atoms with Crippen LogP contribution in [0.4, 0.5) is 18.9 Å². The van der Waals surface area contributed by atoms with Gasteiger partial charge in [0.05, 0.1) is 29.4 Å². The van der Waals surface area contributed by atoms with Crippen LogP contribution in [0.5, 0.6) is 11.5 Å². The van der Waals surface area contributed by atoms with Gasteiger partial charge in [-0.15, -0.1) is 0 Å². The fourth-order valence-electron chi connectivity index (χ4n) is 2.32. The van der Waals surface area contributed by atoms with Crippen molar-refractivity contribution in [1.82, 2.24) is 0 Å². The summed E-state index contributed by atoms with van der Waals surface area (Å²) in [4.78, 5) is 24.6. The first kappa shape index (κ1) is 23.5. The topological polar surface area (TPSA) is 73.9 Å². The second-order valence-corrected chi connectivity index (χ2v) is 6.95. The summed E-state index contributed by atoms with van der Waals surface area (Å²) >= 11 is 3.30. The smallest absolute Gasteiger partial charge is 0.339 e. The lowest BCUT2D eigenvalue weighted by molar-refractivity contribution is -0.123. The van der Waals surface area contributed by atoms with E-state index in [1.165, 1.54) is 26.2 Å². The van der Waals surface area contributed by atoms with E-state index in [9.17, 15) is 22.8 Å². The molecule has 0 aliphatic heterocycles. The van der Waals surface area contributed by atoms with E-state index in [0.29, 0.717) is 22.9 Å². The number of anilines is 1. The Morgan fingerprint density at radius 2 is 1.87 bits per heavy atom. The van der Waals surface area contributed by atoms with Crippen LogP contribution in [0.15, 0.2) is 28.7 Å². The Morgan fingerprint density at radius 1 is 1.17 bits per heavy atom. The first-order valence-corrected chi connectivity index (χ1v) is 9.64. The van der Waals surface area contributed by atoms with Gasteiger partial charge in [0.25, 0.3) is 5.91 Å². The average Bonchev–Trinajstić information content (AvgIpc) is 2.72. The van der Waals surface area contributed by atoms with Crippen LogP contribution in [0.2, 0.25) is 0 Å². The Hall–Kier alpha value is -2.75. The first-order valence-electron chi connectivity index (χ1n) is 8.85. The molecule has 1 atom stereocenters. The predicted molar refractivity (Wildman–Crippen MR) is 106 cm³/mol. The van der Waals surface area contributed by atoms with Crippen molar-refractivity contribution in [3.05, 3.63) is 51.8 Å². The number of ether oxygens (including phenoxy) is 3. The number of methoxy groups -OCH3 is 1. The van der Waals surface area contributed by atoms with Crippen molar-refractivity contribution < 1.29 is 37.0 Å². The highest BCUT2D eigenvalue weighted by Gasteiger charge is 2.23. The Balaban J connectivity index is 2.12. The van der Waals surface area contributed by atoms with Gasteiger partial charge in [0.2, 0.25) is 0 Å². The summed E-state index contributed by atoms with van der Waals surface area (Å²) in [6, 6.07) is 4.35. The van der Waals surface area contributed by atoms with Crippen LogP contribution in [0, 0.1) is 17.5 Å². The van der Waals surface area contributed by atoms with Crippen molar-refractivity contribution >= 4 is 33.5 Å². The molecular weight excluding hydrogens is 471 g/mol. The van der Waals surface area contributed by atoms with Crippen LogP contribution < -0.4 is 14.8 Å². The zero-order valence-corrected chi connectivity index (χ0v) is 17.9. The summed E-state index contributed by atoms with van der Waals surface area (Å²) in [5.41, 5.74) is -0.509. The molecule has 0 heterocycles. The van der Waals surface area contributed by atoms with Crippen molar-refractivity contribution in [3.8, 4) is 11.5 Å². The minimum absolute atomic E-state index is 0.0706. The number of rotatable bonds is 8. The molecular formula is C20H19BrF3NO5. The summed E-state index contributed by atoms with van der Waals surface area (Å²) in [5, 5.41) is 2.05. The van der Waals surface area contributed by atoms with E-state index in [2.05, 4.69) is 15.9 Å². The maximum atomic E-state index is 13.7. The Labute approximate surface area is 179 Å². The average molecular weight is 490 g/mol. The highest BCUT2D eigenvalue weighted by atomic mass is 79.9. The van der Waals surface area contributed by atoms with Crippen molar-refractivity contribution in [2.45, 2.75) is 26.4 Å². The largest absolute Gasteiger partial charge is 0.493 e. The molecule has 0 saturated heterocycles. The molecule has 6 nitrogen and oxygen atoms in total. The number of amides is 1. The molecule has 30 heavy (non-hydrogen) atoms. The molecule has 0 fully saturated rings. The van der Waals surface area contributed by atoms with E-state index in [1.54, 1.807) is 0 Å². The summed E-state index contributed by atoms with van der Waals surface area (Å²) in [5.74, 6) is -5.76. The van der Waals surface area contributed by atoms with Gasteiger partial charge in [-0.3, -0.25) is 4.79 Å². The lowest BCUT2D eigenvalue weighted by Crippen LogP contribution is -2.30. The Kier molecular flexibility index (Phi) is 8.10. The lowest BCUT2D eigenvalue weighted by Gasteiger charge is -2.16. The van der Waals surface area contributed by atoms with Crippen molar-refractivity contribution in [2.24, 2.45) is 0 Å². The van der Waals surface area contributed by atoms with Crippen LogP contribution in [0.25, 0.3) is 0 Å². The zero-order valence-electron chi connectivity index (χ0n) is 16.4. The minimum Gasteiger partial charge on any atom is -0.493 e. The molecule has 1 amide bonds. The normalized spacial score (nSPS) is 11.6. The number of halogens is 4. The lowest BCUT2D eigenvalue weighted by atomic mass is 10.2. The van der Waals surface area contributed by atoms with E-state index in [-0.39, 0.29) is 11.3 Å². The number of carbonyl (C=O) groups is 2. The SMILES string of the molecule is CCCOc1c(Br)cc(C(=O)OC(C)C(=O)Nc2ccc(F)c(F)c2F)cc1OC. The molecule has 1 N–H and O–H groups in total.